The van der Waals surface area contributed by atoms with Gasteiger partial charge < -0.3 is 36.9 Å². The number of benzene rings is 1. The fourth-order valence-corrected chi connectivity index (χ4v) is 3.65. The molecule has 5 atom stereocenters. The molecule has 1 aromatic carbocycles. The van der Waals surface area contributed by atoms with Gasteiger partial charge in [0.2, 0.25) is 17.7 Å². The lowest BCUT2D eigenvalue weighted by molar-refractivity contribution is -0.142. The van der Waals surface area contributed by atoms with Crippen molar-refractivity contribution in [1.82, 2.24) is 20.9 Å². The number of H-pyrrole nitrogens is 1. The summed E-state index contributed by atoms with van der Waals surface area (Å²) in [5, 5.41) is 27.1. The molecule has 0 fully saturated rings. The Balaban J connectivity index is 2.05. The van der Waals surface area contributed by atoms with E-state index in [0.29, 0.717) is 5.56 Å². The van der Waals surface area contributed by atoms with Crippen molar-refractivity contribution >= 4 is 59.9 Å². The molecule has 1 aromatic heterocycles. The van der Waals surface area contributed by atoms with Crippen LogP contribution in [0.4, 0.5) is 0 Å². The Morgan fingerprint density at radius 1 is 0.971 bits per heavy atom. The summed E-state index contributed by atoms with van der Waals surface area (Å²) < 4.78 is 0. The number of para-hydroxylation sites is 1. The van der Waals surface area contributed by atoms with Gasteiger partial charge in [-0.25, -0.2) is 4.79 Å². The van der Waals surface area contributed by atoms with Gasteiger partial charge in [0.15, 0.2) is 0 Å². The number of aromatic amines is 1. The minimum absolute atomic E-state index is 0.0187. The summed E-state index contributed by atoms with van der Waals surface area (Å²) in [6.45, 7) is 1.33. The smallest absolute Gasteiger partial charge is 0.326 e. The summed E-state index contributed by atoms with van der Waals surface area (Å²) >= 11 is 8.12. The van der Waals surface area contributed by atoms with Crippen LogP contribution < -0.4 is 21.7 Å². The quantitative estimate of drug-likeness (QED) is 0.160. The SMILES string of the molecule is CC(O)C(N)C(=O)NC(CS)C(=O)NC(CS)C(=O)NC(Cc1c[nH]c2ccccc12)C(=O)O. The highest BCUT2D eigenvalue weighted by Crippen LogP contribution is 2.19. The molecule has 0 aliphatic rings. The van der Waals surface area contributed by atoms with Crippen molar-refractivity contribution in [2.75, 3.05) is 11.5 Å². The highest BCUT2D eigenvalue weighted by atomic mass is 32.1. The molecule has 0 saturated carbocycles. The molecule has 0 saturated heterocycles. The normalized spacial score (nSPS) is 15.6. The first-order chi connectivity index (χ1) is 16.1. The Bertz CT molecular complexity index is 1030. The summed E-state index contributed by atoms with van der Waals surface area (Å²) in [5.41, 5.74) is 7.11. The molecule has 0 spiro atoms. The lowest BCUT2D eigenvalue weighted by Gasteiger charge is -2.24. The summed E-state index contributed by atoms with van der Waals surface area (Å²) in [6.07, 6.45) is 0.567. The molecule has 186 valence electrons. The molecule has 0 aliphatic heterocycles. The van der Waals surface area contributed by atoms with Gasteiger partial charge in [-0.05, 0) is 18.6 Å². The molecule has 3 amide bonds. The minimum Gasteiger partial charge on any atom is -0.480 e. The van der Waals surface area contributed by atoms with Crippen LogP contribution in [0.15, 0.2) is 30.5 Å². The van der Waals surface area contributed by atoms with Crippen molar-refractivity contribution in [2.24, 2.45) is 5.73 Å². The van der Waals surface area contributed by atoms with Gasteiger partial charge in [0.05, 0.1) is 6.10 Å². The molecule has 11 nitrogen and oxygen atoms in total. The van der Waals surface area contributed by atoms with Crippen LogP contribution in [0.3, 0.4) is 0 Å². The number of hydrogen-bond acceptors (Lipinski definition) is 8. The first-order valence-corrected chi connectivity index (χ1v) is 11.7. The van der Waals surface area contributed by atoms with Gasteiger partial charge in [-0.1, -0.05) is 18.2 Å². The Kier molecular flexibility index (Phi) is 10.2. The second-order valence-corrected chi connectivity index (χ2v) is 8.45. The van der Waals surface area contributed by atoms with E-state index in [1.54, 1.807) is 6.20 Å². The van der Waals surface area contributed by atoms with Crippen LogP contribution in [-0.4, -0.2) is 80.7 Å². The van der Waals surface area contributed by atoms with Crippen molar-refractivity contribution < 1.29 is 29.4 Å². The number of nitrogens with one attached hydrogen (secondary N) is 4. The second-order valence-electron chi connectivity index (χ2n) is 7.72. The number of nitrogens with two attached hydrogens (primary N) is 1. The Labute approximate surface area is 207 Å². The number of thiol groups is 2. The summed E-state index contributed by atoms with van der Waals surface area (Å²) in [4.78, 5) is 52.2. The molecule has 5 unspecified atom stereocenters. The van der Waals surface area contributed by atoms with Gasteiger partial charge in [0.1, 0.15) is 24.2 Å². The summed E-state index contributed by atoms with van der Waals surface area (Å²) in [6, 6.07) is 2.54. The number of amides is 3. The Morgan fingerprint density at radius 3 is 2.03 bits per heavy atom. The number of aromatic nitrogens is 1. The molecular weight excluding hydrogens is 482 g/mol. The van der Waals surface area contributed by atoms with Gasteiger partial charge >= 0.3 is 5.97 Å². The Morgan fingerprint density at radius 2 is 1.50 bits per heavy atom. The molecule has 13 heteroatoms. The van der Waals surface area contributed by atoms with Crippen molar-refractivity contribution in [3.05, 3.63) is 36.0 Å². The number of rotatable bonds is 12. The van der Waals surface area contributed by atoms with Gasteiger partial charge in [-0.3, -0.25) is 14.4 Å². The lowest BCUT2D eigenvalue weighted by Crippen LogP contribution is -2.59. The van der Waals surface area contributed by atoms with E-state index >= 15 is 0 Å². The van der Waals surface area contributed by atoms with Crippen LogP contribution in [0.5, 0.6) is 0 Å². The van der Waals surface area contributed by atoms with Gasteiger partial charge in [0.25, 0.3) is 0 Å². The molecule has 0 bridgehead atoms. The van der Waals surface area contributed by atoms with Crippen LogP contribution in [0.25, 0.3) is 10.9 Å². The maximum Gasteiger partial charge on any atom is 0.326 e. The first kappa shape index (κ1) is 27.5. The lowest BCUT2D eigenvalue weighted by atomic mass is 10.0. The van der Waals surface area contributed by atoms with Crippen LogP contribution in [0.1, 0.15) is 12.5 Å². The molecule has 34 heavy (non-hydrogen) atoms. The van der Waals surface area contributed by atoms with E-state index in [0.717, 1.165) is 10.9 Å². The van der Waals surface area contributed by atoms with Crippen molar-refractivity contribution in [1.29, 1.82) is 0 Å². The largest absolute Gasteiger partial charge is 0.480 e. The molecule has 0 radical (unpaired) electrons. The molecule has 0 aliphatic carbocycles. The number of carbonyl (C=O) groups excluding carboxylic acids is 3. The average Bonchev–Trinajstić information content (AvgIpc) is 3.22. The molecule has 1 heterocycles. The number of aliphatic carboxylic acids is 1. The topological polar surface area (TPSA) is 187 Å². The fraction of sp³-hybridized carbons (Fsp3) is 0.429. The molecule has 2 rings (SSSR count). The molecule has 8 N–H and O–H groups in total. The van der Waals surface area contributed by atoms with E-state index in [1.807, 2.05) is 24.3 Å². The maximum atomic E-state index is 12.7. The maximum absolute atomic E-state index is 12.7. The molecule has 2 aromatic rings. The Hall–Kier alpha value is -2.74. The molecular formula is C21H29N5O6S2. The van der Waals surface area contributed by atoms with E-state index < -0.39 is 54.0 Å². The summed E-state index contributed by atoms with van der Waals surface area (Å²) in [7, 11) is 0. The van der Waals surface area contributed by atoms with Crippen molar-refractivity contribution in [3.8, 4) is 0 Å². The number of aliphatic hydroxyl groups excluding tert-OH is 1. The minimum atomic E-state index is -1.25. The van der Waals surface area contributed by atoms with Crippen LogP contribution in [0.2, 0.25) is 0 Å². The first-order valence-electron chi connectivity index (χ1n) is 10.4. The standard InChI is InChI=1S/C21H29N5O6S2/c1-10(27)17(22)20(30)26-16(9-34)19(29)25-15(8-33)18(28)24-14(21(31)32)6-11-7-23-13-5-3-2-4-12(11)13/h2-5,7,10,14-17,23,27,33-34H,6,8-9,22H2,1H3,(H,24,28)(H,25,29)(H,26,30)(H,31,32). The van der Waals surface area contributed by atoms with Crippen molar-refractivity contribution in [3.63, 3.8) is 0 Å². The monoisotopic (exact) mass is 511 g/mol. The third-order valence-corrected chi connectivity index (χ3v) is 5.90. The number of carboxylic acid groups (broad SMARTS) is 1. The summed E-state index contributed by atoms with van der Waals surface area (Å²) in [5.74, 6) is -3.73. The zero-order valence-corrected chi connectivity index (χ0v) is 20.2. The van der Waals surface area contributed by atoms with Crippen LogP contribution >= 0.6 is 25.3 Å². The van der Waals surface area contributed by atoms with Crippen molar-refractivity contribution in [2.45, 2.75) is 43.6 Å². The van der Waals surface area contributed by atoms with E-state index in [-0.39, 0.29) is 17.9 Å². The van der Waals surface area contributed by atoms with E-state index in [9.17, 15) is 29.4 Å². The van der Waals surface area contributed by atoms with E-state index in [4.69, 9.17) is 5.73 Å². The average molecular weight is 512 g/mol. The highest BCUT2D eigenvalue weighted by Gasteiger charge is 2.30. The van der Waals surface area contributed by atoms with E-state index in [2.05, 4.69) is 46.2 Å². The number of hydrogen-bond donors (Lipinski definition) is 9. The van der Waals surface area contributed by atoms with Crippen LogP contribution in [-0.2, 0) is 25.6 Å². The predicted molar refractivity (Wildman–Crippen MR) is 133 cm³/mol. The van der Waals surface area contributed by atoms with Crippen LogP contribution in [0, 0.1) is 0 Å². The highest BCUT2D eigenvalue weighted by molar-refractivity contribution is 7.80. The van der Waals surface area contributed by atoms with E-state index in [1.165, 1.54) is 6.92 Å². The number of carbonyl (C=O) groups is 4. The second kappa shape index (κ2) is 12.6. The zero-order chi connectivity index (χ0) is 25.4. The predicted octanol–water partition coefficient (Wildman–Crippen LogP) is -1.18. The fourth-order valence-electron chi connectivity index (χ4n) is 3.14. The zero-order valence-electron chi connectivity index (χ0n) is 18.4. The number of fused-ring (bicyclic) bond motifs is 1. The number of aliphatic hydroxyl groups is 1. The van der Waals surface area contributed by atoms with Gasteiger partial charge in [-0.2, -0.15) is 25.3 Å². The third-order valence-electron chi connectivity index (χ3n) is 5.17. The third kappa shape index (κ3) is 7.13. The van der Waals surface area contributed by atoms with Gasteiger partial charge in [-0.15, -0.1) is 0 Å². The number of carboxylic acids is 1. The van der Waals surface area contributed by atoms with Gasteiger partial charge in [0, 0.05) is 35.0 Å².